The highest BCUT2D eigenvalue weighted by Crippen LogP contribution is 2.23. The molecule has 0 heterocycles. The molecule has 2 aromatic carbocycles. The van der Waals surface area contributed by atoms with E-state index in [4.69, 9.17) is 15.2 Å². The van der Waals surface area contributed by atoms with Crippen molar-refractivity contribution in [1.29, 1.82) is 0 Å². The van der Waals surface area contributed by atoms with Crippen LogP contribution in [0.3, 0.4) is 0 Å². The van der Waals surface area contributed by atoms with E-state index < -0.39 is 0 Å². The van der Waals surface area contributed by atoms with Gasteiger partial charge in [0.1, 0.15) is 11.5 Å². The van der Waals surface area contributed by atoms with Gasteiger partial charge < -0.3 is 15.2 Å². The third-order valence-electron chi connectivity index (χ3n) is 3.10. The van der Waals surface area contributed by atoms with Gasteiger partial charge in [-0.2, -0.15) is 0 Å². The molecule has 0 aliphatic rings. The molecule has 0 aliphatic heterocycles. The Labute approximate surface area is 120 Å². The molecule has 2 aromatic rings. The summed E-state index contributed by atoms with van der Waals surface area (Å²) in [5.74, 6) is 1.74. The van der Waals surface area contributed by atoms with Gasteiger partial charge in [-0.1, -0.05) is 24.3 Å². The standard InChI is InChI=1S/C17H21NO2/c1-3-19-15-9-5-13(6-10-15)17(18)14-7-11-16(12-8-14)20-4-2/h5-12,17H,3-4,18H2,1-2H3. The monoisotopic (exact) mass is 271 g/mol. The van der Waals surface area contributed by atoms with Gasteiger partial charge in [-0.15, -0.1) is 0 Å². The zero-order chi connectivity index (χ0) is 14.4. The molecule has 0 atom stereocenters. The largest absolute Gasteiger partial charge is 0.494 e. The van der Waals surface area contributed by atoms with Crippen molar-refractivity contribution in [1.82, 2.24) is 0 Å². The fourth-order valence-corrected chi connectivity index (χ4v) is 2.07. The van der Waals surface area contributed by atoms with E-state index in [2.05, 4.69) is 0 Å². The molecule has 0 bridgehead atoms. The number of hydrogen-bond donors (Lipinski definition) is 1. The first-order chi connectivity index (χ1) is 9.74. The summed E-state index contributed by atoms with van der Waals surface area (Å²) in [7, 11) is 0. The summed E-state index contributed by atoms with van der Waals surface area (Å²) < 4.78 is 10.9. The van der Waals surface area contributed by atoms with Crippen molar-refractivity contribution < 1.29 is 9.47 Å². The summed E-state index contributed by atoms with van der Waals surface area (Å²) >= 11 is 0. The van der Waals surface area contributed by atoms with Crippen molar-refractivity contribution in [2.45, 2.75) is 19.9 Å². The Morgan fingerprint density at radius 3 is 1.40 bits per heavy atom. The molecule has 0 saturated heterocycles. The first-order valence-corrected chi connectivity index (χ1v) is 6.95. The van der Waals surface area contributed by atoms with E-state index in [1.807, 2.05) is 62.4 Å². The zero-order valence-corrected chi connectivity index (χ0v) is 12.0. The average Bonchev–Trinajstić information content (AvgIpc) is 2.49. The van der Waals surface area contributed by atoms with E-state index in [1.54, 1.807) is 0 Å². The summed E-state index contributed by atoms with van der Waals surface area (Å²) in [6.07, 6.45) is 0. The molecular weight excluding hydrogens is 250 g/mol. The minimum Gasteiger partial charge on any atom is -0.494 e. The van der Waals surface area contributed by atoms with Crippen LogP contribution in [0.1, 0.15) is 31.0 Å². The highest BCUT2D eigenvalue weighted by molar-refractivity contribution is 5.37. The van der Waals surface area contributed by atoms with Crippen molar-refractivity contribution in [3.63, 3.8) is 0 Å². The quantitative estimate of drug-likeness (QED) is 0.874. The fourth-order valence-electron chi connectivity index (χ4n) is 2.07. The molecule has 0 fully saturated rings. The van der Waals surface area contributed by atoms with E-state index in [1.165, 1.54) is 0 Å². The Balaban J connectivity index is 2.11. The van der Waals surface area contributed by atoms with Crippen molar-refractivity contribution in [2.75, 3.05) is 13.2 Å². The first kappa shape index (κ1) is 14.4. The Morgan fingerprint density at radius 1 is 0.750 bits per heavy atom. The summed E-state index contributed by atoms with van der Waals surface area (Å²) in [4.78, 5) is 0. The smallest absolute Gasteiger partial charge is 0.119 e. The third kappa shape index (κ3) is 3.52. The van der Waals surface area contributed by atoms with Gasteiger partial charge in [0.25, 0.3) is 0 Å². The molecule has 0 spiro atoms. The second-order valence-electron chi connectivity index (χ2n) is 4.48. The summed E-state index contributed by atoms with van der Waals surface area (Å²) in [6, 6.07) is 15.7. The van der Waals surface area contributed by atoms with Gasteiger partial charge in [-0.25, -0.2) is 0 Å². The molecule has 0 radical (unpaired) electrons. The van der Waals surface area contributed by atoms with Crippen LogP contribution >= 0.6 is 0 Å². The van der Waals surface area contributed by atoms with Crippen LogP contribution in [0, 0.1) is 0 Å². The van der Waals surface area contributed by atoms with Crippen LogP contribution in [0.5, 0.6) is 11.5 Å². The zero-order valence-electron chi connectivity index (χ0n) is 12.0. The van der Waals surface area contributed by atoms with Gasteiger partial charge in [-0.3, -0.25) is 0 Å². The van der Waals surface area contributed by atoms with Gasteiger partial charge in [0, 0.05) is 0 Å². The predicted molar refractivity (Wildman–Crippen MR) is 81.3 cm³/mol. The van der Waals surface area contributed by atoms with Crippen molar-refractivity contribution in [3.05, 3.63) is 59.7 Å². The Bertz CT molecular complexity index is 470. The number of rotatable bonds is 6. The Hall–Kier alpha value is -2.00. The van der Waals surface area contributed by atoms with Crippen molar-refractivity contribution in [3.8, 4) is 11.5 Å². The number of ether oxygens (including phenoxy) is 2. The molecule has 20 heavy (non-hydrogen) atoms. The predicted octanol–water partition coefficient (Wildman–Crippen LogP) is 3.53. The molecule has 3 nitrogen and oxygen atoms in total. The first-order valence-electron chi connectivity index (χ1n) is 6.95. The summed E-state index contributed by atoms with van der Waals surface area (Å²) in [6.45, 7) is 5.29. The minimum absolute atomic E-state index is 0.138. The van der Waals surface area contributed by atoms with Crippen LogP contribution in [-0.4, -0.2) is 13.2 Å². The summed E-state index contributed by atoms with van der Waals surface area (Å²) in [5, 5.41) is 0. The number of nitrogens with two attached hydrogens (primary N) is 1. The molecule has 0 aromatic heterocycles. The maximum Gasteiger partial charge on any atom is 0.119 e. The topological polar surface area (TPSA) is 44.5 Å². The lowest BCUT2D eigenvalue weighted by molar-refractivity contribution is 0.340. The van der Waals surface area contributed by atoms with E-state index in [0.29, 0.717) is 13.2 Å². The van der Waals surface area contributed by atoms with Gasteiger partial charge in [0.15, 0.2) is 0 Å². The highest BCUT2D eigenvalue weighted by atomic mass is 16.5. The minimum atomic E-state index is -0.138. The number of hydrogen-bond acceptors (Lipinski definition) is 3. The Kier molecular flexibility index (Phi) is 5.02. The molecule has 0 unspecified atom stereocenters. The normalized spacial score (nSPS) is 10.6. The van der Waals surface area contributed by atoms with Crippen molar-refractivity contribution >= 4 is 0 Å². The highest BCUT2D eigenvalue weighted by Gasteiger charge is 2.09. The lowest BCUT2D eigenvalue weighted by atomic mass is 9.99. The van der Waals surface area contributed by atoms with E-state index >= 15 is 0 Å². The van der Waals surface area contributed by atoms with Gasteiger partial charge in [0.2, 0.25) is 0 Å². The van der Waals surface area contributed by atoms with Gasteiger partial charge in [0.05, 0.1) is 19.3 Å². The molecule has 0 aliphatic carbocycles. The van der Waals surface area contributed by atoms with Crippen LogP contribution < -0.4 is 15.2 Å². The van der Waals surface area contributed by atoms with Crippen molar-refractivity contribution in [2.24, 2.45) is 5.73 Å². The maximum absolute atomic E-state index is 6.28. The third-order valence-corrected chi connectivity index (χ3v) is 3.10. The fraction of sp³-hybridized carbons (Fsp3) is 0.294. The van der Waals surface area contributed by atoms with Crippen LogP contribution in [-0.2, 0) is 0 Å². The van der Waals surface area contributed by atoms with Gasteiger partial charge in [-0.05, 0) is 49.2 Å². The van der Waals surface area contributed by atoms with Crippen LogP contribution in [0.15, 0.2) is 48.5 Å². The average molecular weight is 271 g/mol. The number of benzene rings is 2. The molecule has 106 valence electrons. The van der Waals surface area contributed by atoms with Gasteiger partial charge >= 0.3 is 0 Å². The second-order valence-corrected chi connectivity index (χ2v) is 4.48. The molecule has 2 N–H and O–H groups in total. The Morgan fingerprint density at radius 2 is 1.10 bits per heavy atom. The van der Waals surface area contributed by atoms with E-state index in [0.717, 1.165) is 22.6 Å². The van der Waals surface area contributed by atoms with Crippen LogP contribution in [0.25, 0.3) is 0 Å². The summed E-state index contributed by atoms with van der Waals surface area (Å²) in [5.41, 5.74) is 8.42. The van der Waals surface area contributed by atoms with Crippen LogP contribution in [0.4, 0.5) is 0 Å². The van der Waals surface area contributed by atoms with E-state index in [-0.39, 0.29) is 6.04 Å². The molecular formula is C17H21NO2. The lowest BCUT2D eigenvalue weighted by Gasteiger charge is -2.14. The molecule has 0 saturated carbocycles. The second kappa shape index (κ2) is 6.96. The molecule has 0 amide bonds. The lowest BCUT2D eigenvalue weighted by Crippen LogP contribution is -2.11. The maximum atomic E-state index is 6.28. The SMILES string of the molecule is CCOc1ccc(C(N)c2ccc(OCC)cc2)cc1. The van der Waals surface area contributed by atoms with Crippen LogP contribution in [0.2, 0.25) is 0 Å². The molecule has 2 rings (SSSR count). The molecule has 3 heteroatoms. The van der Waals surface area contributed by atoms with E-state index in [9.17, 15) is 0 Å².